The van der Waals surface area contributed by atoms with Crippen LogP contribution in [0.4, 0.5) is 5.69 Å². The van der Waals surface area contributed by atoms with Gasteiger partial charge in [-0.3, -0.25) is 9.10 Å². The molecule has 2 aromatic carbocycles. The number of sulfonamides is 1. The molecule has 1 aliphatic heterocycles. The molecule has 0 saturated heterocycles. The van der Waals surface area contributed by atoms with Gasteiger partial charge in [-0.1, -0.05) is 6.07 Å². The van der Waals surface area contributed by atoms with Gasteiger partial charge in [0.05, 0.1) is 21.3 Å². The maximum Gasteiger partial charge on any atom is 0.268 e. The number of hydrogen-bond donors (Lipinski definition) is 0. The van der Waals surface area contributed by atoms with Crippen molar-refractivity contribution in [3.05, 3.63) is 42.0 Å². The lowest BCUT2D eigenvalue weighted by Crippen LogP contribution is -2.37. The molecule has 0 fully saturated rings. The standard InChI is InChI=1S/C18H19NO6S/c1-23-12-7-8-17(16(11-12)25-3)26(21,22)19-10-9-14(20)13-5-4-6-15(24-2)18(13)19/h4-8,11H,9-10H2,1-3H3. The molecule has 2 aromatic rings. The summed E-state index contributed by atoms with van der Waals surface area (Å²) in [6.07, 6.45) is 0.0951. The van der Waals surface area contributed by atoms with Gasteiger partial charge in [-0.2, -0.15) is 0 Å². The highest BCUT2D eigenvalue weighted by Gasteiger charge is 2.36. The van der Waals surface area contributed by atoms with Gasteiger partial charge in [0.15, 0.2) is 5.78 Å². The Morgan fingerprint density at radius 2 is 1.69 bits per heavy atom. The number of fused-ring (bicyclic) bond motifs is 1. The average molecular weight is 377 g/mol. The van der Waals surface area contributed by atoms with E-state index in [2.05, 4.69) is 0 Å². The maximum absolute atomic E-state index is 13.3. The predicted octanol–water partition coefficient (Wildman–Crippen LogP) is 2.49. The van der Waals surface area contributed by atoms with Crippen molar-refractivity contribution in [1.82, 2.24) is 0 Å². The van der Waals surface area contributed by atoms with Gasteiger partial charge in [0, 0.05) is 24.6 Å². The number of anilines is 1. The van der Waals surface area contributed by atoms with Crippen molar-refractivity contribution in [3.8, 4) is 17.2 Å². The number of Topliss-reactive ketones (excluding diaryl/α,β-unsaturated/α-hetero) is 1. The molecule has 1 aliphatic rings. The molecule has 0 unspecified atom stereocenters. The molecule has 0 N–H and O–H groups in total. The number of nitrogens with zero attached hydrogens (tertiary/aromatic N) is 1. The normalized spacial score (nSPS) is 14.0. The van der Waals surface area contributed by atoms with Crippen LogP contribution in [0.2, 0.25) is 0 Å². The minimum atomic E-state index is -3.98. The Balaban J connectivity index is 2.19. The van der Waals surface area contributed by atoms with E-state index in [9.17, 15) is 13.2 Å². The van der Waals surface area contributed by atoms with E-state index in [1.54, 1.807) is 24.3 Å². The van der Waals surface area contributed by atoms with Gasteiger partial charge < -0.3 is 14.2 Å². The highest BCUT2D eigenvalue weighted by Crippen LogP contribution is 2.41. The van der Waals surface area contributed by atoms with Gasteiger partial charge >= 0.3 is 0 Å². The van der Waals surface area contributed by atoms with Crippen molar-refractivity contribution in [2.24, 2.45) is 0 Å². The highest BCUT2D eigenvalue weighted by molar-refractivity contribution is 7.93. The summed E-state index contributed by atoms with van der Waals surface area (Å²) in [6.45, 7) is 0.0315. The van der Waals surface area contributed by atoms with Crippen molar-refractivity contribution >= 4 is 21.5 Å². The number of hydrogen-bond acceptors (Lipinski definition) is 6. The third-order valence-corrected chi connectivity index (χ3v) is 6.09. The molecule has 0 radical (unpaired) electrons. The number of carbonyl (C=O) groups excluding carboxylic acids is 1. The van der Waals surface area contributed by atoms with Crippen LogP contribution in [0.1, 0.15) is 16.8 Å². The summed E-state index contributed by atoms with van der Waals surface area (Å²) >= 11 is 0. The molecule has 0 aromatic heterocycles. The van der Waals surface area contributed by atoms with Gasteiger partial charge in [-0.25, -0.2) is 8.42 Å². The average Bonchev–Trinajstić information content (AvgIpc) is 2.67. The Labute approximate surface area is 152 Å². The van der Waals surface area contributed by atoms with E-state index in [0.29, 0.717) is 17.1 Å². The van der Waals surface area contributed by atoms with E-state index >= 15 is 0 Å². The van der Waals surface area contributed by atoms with Gasteiger partial charge in [-0.05, 0) is 24.3 Å². The molecule has 138 valence electrons. The van der Waals surface area contributed by atoms with Crippen molar-refractivity contribution in [1.29, 1.82) is 0 Å². The lowest BCUT2D eigenvalue weighted by atomic mass is 10.0. The molecular weight excluding hydrogens is 358 g/mol. The van der Waals surface area contributed by atoms with Crippen LogP contribution in [0, 0.1) is 0 Å². The zero-order valence-electron chi connectivity index (χ0n) is 14.7. The Bertz CT molecular complexity index is 954. The first kappa shape index (κ1) is 18.1. The van der Waals surface area contributed by atoms with Crippen molar-refractivity contribution in [2.75, 3.05) is 32.2 Å². The van der Waals surface area contributed by atoms with E-state index in [1.807, 2.05) is 0 Å². The van der Waals surface area contributed by atoms with Crippen LogP contribution in [0.3, 0.4) is 0 Å². The molecule has 8 heteroatoms. The fourth-order valence-corrected chi connectivity index (χ4v) is 4.60. The highest BCUT2D eigenvalue weighted by atomic mass is 32.2. The molecule has 0 atom stereocenters. The Kier molecular flexibility index (Phi) is 4.78. The zero-order chi connectivity index (χ0) is 18.9. The summed E-state index contributed by atoms with van der Waals surface area (Å²) in [4.78, 5) is 12.2. The number of methoxy groups -OCH3 is 3. The summed E-state index contributed by atoms with van der Waals surface area (Å²) in [6, 6.07) is 9.38. The van der Waals surface area contributed by atoms with E-state index in [1.165, 1.54) is 37.8 Å². The van der Waals surface area contributed by atoms with E-state index in [0.717, 1.165) is 0 Å². The minimum absolute atomic E-state index is 0.00740. The fraction of sp³-hybridized carbons (Fsp3) is 0.278. The van der Waals surface area contributed by atoms with Crippen LogP contribution >= 0.6 is 0 Å². The molecule has 0 amide bonds. The molecular formula is C18H19NO6S. The van der Waals surface area contributed by atoms with Crippen LogP contribution in [0.25, 0.3) is 0 Å². The number of carbonyl (C=O) groups is 1. The molecule has 7 nitrogen and oxygen atoms in total. The second kappa shape index (κ2) is 6.87. The fourth-order valence-electron chi connectivity index (χ4n) is 2.97. The van der Waals surface area contributed by atoms with Crippen LogP contribution in [0.5, 0.6) is 17.2 Å². The Morgan fingerprint density at radius 1 is 0.962 bits per heavy atom. The van der Waals surface area contributed by atoms with Crippen LogP contribution < -0.4 is 18.5 Å². The summed E-state index contributed by atoms with van der Waals surface area (Å²) < 4.78 is 43.6. The second-order valence-corrected chi connectivity index (χ2v) is 7.45. The second-order valence-electron chi connectivity index (χ2n) is 5.62. The van der Waals surface area contributed by atoms with Crippen LogP contribution in [0.15, 0.2) is 41.3 Å². The summed E-state index contributed by atoms with van der Waals surface area (Å²) in [5.41, 5.74) is 0.579. The third-order valence-electron chi connectivity index (χ3n) is 4.25. The smallest absolute Gasteiger partial charge is 0.268 e. The molecule has 0 bridgehead atoms. The van der Waals surface area contributed by atoms with Gasteiger partial charge in [-0.15, -0.1) is 0 Å². The number of ketones is 1. The number of para-hydroxylation sites is 1. The first-order valence-corrected chi connectivity index (χ1v) is 9.33. The van der Waals surface area contributed by atoms with Crippen molar-refractivity contribution in [3.63, 3.8) is 0 Å². The molecule has 0 spiro atoms. The first-order chi connectivity index (χ1) is 12.4. The van der Waals surface area contributed by atoms with Crippen molar-refractivity contribution < 1.29 is 27.4 Å². The van der Waals surface area contributed by atoms with Crippen LogP contribution in [-0.4, -0.2) is 42.1 Å². The topological polar surface area (TPSA) is 82.1 Å². The monoisotopic (exact) mass is 377 g/mol. The summed E-state index contributed by atoms with van der Waals surface area (Å²) in [5, 5.41) is 0. The Morgan fingerprint density at radius 3 is 2.35 bits per heavy atom. The van der Waals surface area contributed by atoms with Gasteiger partial charge in [0.1, 0.15) is 27.8 Å². The molecule has 26 heavy (non-hydrogen) atoms. The number of rotatable bonds is 5. The minimum Gasteiger partial charge on any atom is -0.497 e. The van der Waals surface area contributed by atoms with E-state index < -0.39 is 10.0 Å². The summed E-state index contributed by atoms with van der Waals surface area (Å²) in [7, 11) is 0.337. The number of benzene rings is 2. The molecule has 0 saturated carbocycles. The van der Waals surface area contributed by atoms with E-state index in [-0.39, 0.29) is 35.1 Å². The third kappa shape index (κ3) is 2.86. The zero-order valence-corrected chi connectivity index (χ0v) is 15.5. The largest absolute Gasteiger partial charge is 0.497 e. The van der Waals surface area contributed by atoms with Crippen LogP contribution in [-0.2, 0) is 10.0 Å². The van der Waals surface area contributed by atoms with Gasteiger partial charge in [0.2, 0.25) is 0 Å². The quantitative estimate of drug-likeness (QED) is 0.796. The molecule has 3 rings (SSSR count). The maximum atomic E-state index is 13.3. The Hall–Kier alpha value is -2.74. The van der Waals surface area contributed by atoms with Crippen molar-refractivity contribution in [2.45, 2.75) is 11.3 Å². The number of ether oxygens (including phenoxy) is 3. The predicted molar refractivity (Wildman–Crippen MR) is 96.0 cm³/mol. The first-order valence-electron chi connectivity index (χ1n) is 7.89. The lowest BCUT2D eigenvalue weighted by molar-refractivity contribution is 0.0981. The van der Waals surface area contributed by atoms with Gasteiger partial charge in [0.25, 0.3) is 10.0 Å². The van der Waals surface area contributed by atoms with E-state index in [4.69, 9.17) is 14.2 Å². The lowest BCUT2D eigenvalue weighted by Gasteiger charge is -2.31. The molecule has 1 heterocycles. The summed E-state index contributed by atoms with van der Waals surface area (Å²) in [5.74, 6) is 0.851. The molecule has 0 aliphatic carbocycles. The SMILES string of the molecule is COc1ccc(S(=O)(=O)N2CCC(=O)c3cccc(OC)c32)c(OC)c1.